The number of benzene rings is 3. The number of fused-ring (bicyclic) bond motifs is 3. The van der Waals surface area contributed by atoms with Gasteiger partial charge in [0.05, 0.1) is 66.4 Å². The van der Waals surface area contributed by atoms with E-state index in [1.54, 1.807) is 47.7 Å². The molecule has 3 aromatic carbocycles. The van der Waals surface area contributed by atoms with Gasteiger partial charge in [0, 0.05) is 24.0 Å². The Labute approximate surface area is 285 Å². The maximum absolute atomic E-state index is 11.1. The van der Waals surface area contributed by atoms with Crippen molar-refractivity contribution in [2.75, 3.05) is 42.7 Å². The molecule has 2 aliphatic carbocycles. The summed E-state index contributed by atoms with van der Waals surface area (Å²) in [4.78, 5) is 0. The predicted octanol–water partition coefficient (Wildman–Crippen LogP) is 7.37. The molecule has 0 saturated carbocycles. The predicted molar refractivity (Wildman–Crippen MR) is 187 cm³/mol. The van der Waals surface area contributed by atoms with Gasteiger partial charge in [0.15, 0.2) is 0 Å². The van der Waals surface area contributed by atoms with Crippen molar-refractivity contribution < 1.29 is 43.7 Å². The molecule has 0 spiro atoms. The van der Waals surface area contributed by atoms with Crippen molar-refractivity contribution in [2.45, 2.75) is 64.8 Å². The molecule has 9 heteroatoms. The molecule has 0 amide bonds. The summed E-state index contributed by atoms with van der Waals surface area (Å²) in [6, 6.07) is 15.1. The van der Waals surface area contributed by atoms with Crippen LogP contribution < -0.4 is 18.9 Å². The maximum Gasteiger partial charge on any atom is 0.128 e. The molecule has 2 aliphatic rings. The number of ether oxygens (including phenoxy) is 6. The van der Waals surface area contributed by atoms with Crippen LogP contribution in [0.25, 0.3) is 0 Å². The first-order valence-electron chi connectivity index (χ1n) is 16.3. The molecule has 0 heterocycles. The van der Waals surface area contributed by atoms with Crippen molar-refractivity contribution in [2.24, 2.45) is 5.92 Å². The molecule has 0 fully saturated rings. The zero-order chi connectivity index (χ0) is 35.4. The summed E-state index contributed by atoms with van der Waals surface area (Å²) in [5, 5.41) is 32.4. The summed E-state index contributed by atoms with van der Waals surface area (Å²) in [7, 11) is 9.60. The average molecular weight is 665 g/mol. The van der Waals surface area contributed by atoms with Crippen LogP contribution in [0.1, 0.15) is 91.7 Å². The quantitative estimate of drug-likeness (QED) is 0.248. The van der Waals surface area contributed by atoms with Crippen LogP contribution in [-0.2, 0) is 15.9 Å². The number of methoxy groups -OCH3 is 6. The van der Waals surface area contributed by atoms with Crippen molar-refractivity contribution in [1.29, 1.82) is 0 Å². The number of aliphatic hydroxyl groups is 3. The highest BCUT2D eigenvalue weighted by Crippen LogP contribution is 2.42. The van der Waals surface area contributed by atoms with E-state index in [1.807, 2.05) is 69.3 Å². The summed E-state index contributed by atoms with van der Waals surface area (Å²) in [6.07, 6.45) is 4.06. The second kappa shape index (κ2) is 18.4. The molecule has 0 aliphatic heterocycles. The third-order valence-electron chi connectivity index (χ3n) is 8.65. The zero-order valence-electron chi connectivity index (χ0n) is 29.7. The van der Waals surface area contributed by atoms with Crippen molar-refractivity contribution in [3.8, 4) is 23.0 Å². The van der Waals surface area contributed by atoms with E-state index in [2.05, 4.69) is 0 Å². The van der Waals surface area contributed by atoms with Crippen LogP contribution >= 0.6 is 0 Å². The molecule has 0 radical (unpaired) electrons. The highest BCUT2D eigenvalue weighted by Gasteiger charge is 2.30. The second-order valence-corrected chi connectivity index (χ2v) is 11.3. The summed E-state index contributed by atoms with van der Waals surface area (Å²) >= 11 is 0. The molecule has 3 N–H and O–H groups in total. The van der Waals surface area contributed by atoms with E-state index >= 15 is 0 Å². The van der Waals surface area contributed by atoms with Gasteiger partial charge in [-0.05, 0) is 89.6 Å². The average Bonchev–Trinajstić information content (AvgIpc) is 3.13. The first-order chi connectivity index (χ1) is 23.2. The molecule has 262 valence electrons. The van der Waals surface area contributed by atoms with E-state index in [1.165, 1.54) is 7.11 Å². The molecule has 3 aromatic rings. The Bertz CT molecular complexity index is 1490. The molecule has 48 heavy (non-hydrogen) atoms. The lowest BCUT2D eigenvalue weighted by Crippen LogP contribution is -2.18. The zero-order valence-corrected chi connectivity index (χ0v) is 29.7. The Morgan fingerprint density at radius 3 is 1.71 bits per heavy atom. The standard InChI is InChI=1S/C21H30O6.C16H16O3.C2H6/c1-13-18(26-4)8-6-7-14(24-2)9-10-17(22)16-11-15(25-3)12-19(27-5)20(16)21(13)23;1-18-12-3-5-14-10(8-12)7-11-9-13(19-2)4-6-15(11)16(14)17;1-2/h8-9,11-13,17,21-23H,6-7,10H2,1-5H3;3-6,8-9,16-17H,7H2,1-2H3;1-2H3/b14-9+,18-8+;;. The van der Waals surface area contributed by atoms with Crippen LogP contribution in [0, 0.1) is 5.92 Å². The fraction of sp³-hybridized carbons (Fsp3) is 0.436. The SMILES string of the molecule is CC.CO/C1=C/CC(O)c2cc(OC)cc(OC)c2C(O)C(C)/C(OC)=C\CC1.COc1ccc2c(c1)Cc1cc(OC)ccc1C2O. The van der Waals surface area contributed by atoms with Crippen LogP contribution in [-0.4, -0.2) is 58.0 Å². The first kappa shape index (κ1) is 38.3. The Morgan fingerprint density at radius 2 is 1.21 bits per heavy atom. The van der Waals surface area contributed by atoms with Gasteiger partial charge in [0.25, 0.3) is 0 Å². The van der Waals surface area contributed by atoms with E-state index in [4.69, 9.17) is 28.4 Å². The number of hydrogen-bond acceptors (Lipinski definition) is 9. The third-order valence-corrected chi connectivity index (χ3v) is 8.65. The van der Waals surface area contributed by atoms with Gasteiger partial charge in [-0.25, -0.2) is 0 Å². The number of rotatable bonds is 6. The lowest BCUT2D eigenvalue weighted by Gasteiger charge is -2.27. The molecule has 0 saturated heterocycles. The van der Waals surface area contributed by atoms with E-state index in [9.17, 15) is 15.3 Å². The Balaban J connectivity index is 0.000000260. The van der Waals surface area contributed by atoms with Crippen molar-refractivity contribution >= 4 is 0 Å². The minimum atomic E-state index is -0.910. The molecule has 9 nitrogen and oxygen atoms in total. The van der Waals surface area contributed by atoms with Crippen molar-refractivity contribution in [1.82, 2.24) is 0 Å². The Morgan fingerprint density at radius 1 is 0.625 bits per heavy atom. The van der Waals surface area contributed by atoms with Crippen LogP contribution in [0.5, 0.6) is 23.0 Å². The van der Waals surface area contributed by atoms with Crippen LogP contribution in [0.4, 0.5) is 0 Å². The summed E-state index contributed by atoms with van der Waals surface area (Å²) in [5.41, 5.74) is 5.22. The molecule has 0 aromatic heterocycles. The first-order valence-corrected chi connectivity index (χ1v) is 16.3. The number of hydrogen-bond donors (Lipinski definition) is 3. The van der Waals surface area contributed by atoms with Gasteiger partial charge in [-0.1, -0.05) is 32.9 Å². The van der Waals surface area contributed by atoms with Gasteiger partial charge in [0.2, 0.25) is 0 Å². The van der Waals surface area contributed by atoms with Gasteiger partial charge in [0.1, 0.15) is 29.1 Å². The van der Waals surface area contributed by atoms with Gasteiger partial charge < -0.3 is 43.7 Å². The molecular formula is C39H52O9. The number of aliphatic hydroxyl groups excluding tert-OH is 3. The minimum absolute atomic E-state index is 0.322. The fourth-order valence-electron chi connectivity index (χ4n) is 6.01. The Hall–Kier alpha value is -4.18. The lowest BCUT2D eigenvalue weighted by atomic mass is 9.84. The molecule has 0 bridgehead atoms. The van der Waals surface area contributed by atoms with Crippen molar-refractivity contribution in [3.05, 3.63) is 106 Å². The monoisotopic (exact) mass is 664 g/mol. The third kappa shape index (κ3) is 8.83. The summed E-state index contributed by atoms with van der Waals surface area (Å²) in [5.74, 6) is 3.80. The van der Waals surface area contributed by atoms with Crippen molar-refractivity contribution in [3.63, 3.8) is 0 Å². The summed E-state index contributed by atoms with van der Waals surface area (Å²) < 4.78 is 32.3. The lowest BCUT2D eigenvalue weighted by molar-refractivity contribution is 0.0904. The van der Waals surface area contributed by atoms with Gasteiger partial charge in [-0.2, -0.15) is 0 Å². The van der Waals surface area contributed by atoms with E-state index in [-0.39, 0.29) is 5.92 Å². The summed E-state index contributed by atoms with van der Waals surface area (Å²) in [6.45, 7) is 5.89. The molecule has 3 unspecified atom stereocenters. The normalized spacial score (nSPS) is 21.0. The van der Waals surface area contributed by atoms with Crippen LogP contribution in [0.2, 0.25) is 0 Å². The van der Waals surface area contributed by atoms with E-state index in [0.29, 0.717) is 47.6 Å². The maximum atomic E-state index is 11.1. The van der Waals surface area contributed by atoms with Gasteiger partial charge in [-0.3, -0.25) is 0 Å². The molecule has 3 atom stereocenters. The number of allylic oxidation sites excluding steroid dienone is 2. The minimum Gasteiger partial charge on any atom is -0.501 e. The Kier molecular flexibility index (Phi) is 14.7. The van der Waals surface area contributed by atoms with Crippen LogP contribution in [0.15, 0.2) is 72.2 Å². The smallest absolute Gasteiger partial charge is 0.128 e. The van der Waals surface area contributed by atoms with Gasteiger partial charge >= 0.3 is 0 Å². The fourth-order valence-corrected chi connectivity index (χ4v) is 6.01. The van der Waals surface area contributed by atoms with E-state index < -0.39 is 18.3 Å². The van der Waals surface area contributed by atoms with Crippen LogP contribution in [0.3, 0.4) is 0 Å². The second-order valence-electron chi connectivity index (χ2n) is 11.3. The molecule has 5 rings (SSSR count). The largest absolute Gasteiger partial charge is 0.501 e. The van der Waals surface area contributed by atoms with Gasteiger partial charge in [-0.15, -0.1) is 0 Å². The van der Waals surface area contributed by atoms with E-state index in [0.717, 1.165) is 45.9 Å². The topological polar surface area (TPSA) is 116 Å². The highest BCUT2D eigenvalue weighted by atomic mass is 16.5. The molecular weight excluding hydrogens is 612 g/mol. The highest BCUT2D eigenvalue weighted by molar-refractivity contribution is 5.52.